The Morgan fingerprint density at radius 3 is 2.55 bits per heavy atom. The zero-order chi connectivity index (χ0) is 20.8. The van der Waals surface area contributed by atoms with Crippen molar-refractivity contribution in [2.75, 3.05) is 18.0 Å². The van der Waals surface area contributed by atoms with Crippen molar-refractivity contribution in [3.8, 4) is 0 Å². The second kappa shape index (κ2) is 7.33. The Bertz CT molecular complexity index is 1010. The lowest BCUT2D eigenvalue weighted by Gasteiger charge is -2.32. The molecule has 29 heavy (non-hydrogen) atoms. The number of aliphatic hydroxyl groups excluding tert-OH is 1. The van der Waals surface area contributed by atoms with Crippen LogP contribution in [0, 0.1) is 6.92 Å². The molecule has 0 spiro atoms. The molecule has 2 atom stereocenters. The number of benzene rings is 1. The van der Waals surface area contributed by atoms with E-state index in [1.807, 2.05) is 26.0 Å². The van der Waals surface area contributed by atoms with E-state index in [-0.39, 0.29) is 12.0 Å². The molecule has 154 valence electrons. The number of piperidine rings is 1. The lowest BCUT2D eigenvalue weighted by molar-refractivity contribution is -0.137. The van der Waals surface area contributed by atoms with Crippen LogP contribution in [0.2, 0.25) is 0 Å². The maximum Gasteiger partial charge on any atom is 0.416 e. The number of hydrogen-bond donors (Lipinski definition) is 1. The van der Waals surface area contributed by atoms with Crippen molar-refractivity contribution >= 4 is 11.5 Å². The van der Waals surface area contributed by atoms with Gasteiger partial charge in [0.1, 0.15) is 5.82 Å². The fourth-order valence-corrected chi connectivity index (χ4v) is 3.83. The zero-order valence-corrected chi connectivity index (χ0v) is 16.3. The lowest BCUT2D eigenvalue weighted by atomic mass is 9.97. The van der Waals surface area contributed by atoms with Gasteiger partial charge in [0.15, 0.2) is 5.65 Å². The van der Waals surface area contributed by atoms with Crippen molar-refractivity contribution < 1.29 is 18.3 Å². The molecule has 1 aliphatic heterocycles. The fraction of sp³-hybridized carbons (Fsp3) is 0.429. The summed E-state index contributed by atoms with van der Waals surface area (Å²) < 4.78 is 40.2. The molecule has 1 aromatic carbocycles. The smallest absolute Gasteiger partial charge is 0.391 e. The van der Waals surface area contributed by atoms with Gasteiger partial charge < -0.3 is 10.0 Å². The molecule has 1 aliphatic rings. The van der Waals surface area contributed by atoms with Crippen molar-refractivity contribution in [2.24, 2.45) is 0 Å². The summed E-state index contributed by atoms with van der Waals surface area (Å²) in [5, 5.41) is 14.7. The second-order valence-corrected chi connectivity index (χ2v) is 7.68. The van der Waals surface area contributed by atoms with Gasteiger partial charge in [0.2, 0.25) is 0 Å². The molecule has 0 aliphatic carbocycles. The maximum atomic E-state index is 12.8. The average molecular weight is 404 g/mol. The van der Waals surface area contributed by atoms with E-state index in [2.05, 4.69) is 9.88 Å². The van der Waals surface area contributed by atoms with Gasteiger partial charge in [-0.05, 0) is 37.5 Å². The Balaban J connectivity index is 1.69. The Hall–Kier alpha value is -2.61. The van der Waals surface area contributed by atoms with Crippen molar-refractivity contribution in [2.45, 2.75) is 44.9 Å². The molecule has 0 bridgehead atoms. The van der Waals surface area contributed by atoms with E-state index < -0.39 is 11.7 Å². The molecular formula is C21H23F3N4O. The van der Waals surface area contributed by atoms with Gasteiger partial charge in [-0.25, -0.2) is 4.98 Å². The first kappa shape index (κ1) is 19.7. The Kier molecular flexibility index (Phi) is 4.98. The topological polar surface area (TPSA) is 53.7 Å². The number of alkyl halides is 3. The molecule has 0 amide bonds. The van der Waals surface area contributed by atoms with Gasteiger partial charge >= 0.3 is 6.18 Å². The summed E-state index contributed by atoms with van der Waals surface area (Å²) in [7, 11) is 0. The molecule has 0 saturated carbocycles. The number of halogens is 3. The predicted octanol–water partition coefficient (Wildman–Crippen LogP) is 4.17. The Labute approximate surface area is 166 Å². The van der Waals surface area contributed by atoms with Gasteiger partial charge in [-0.2, -0.15) is 22.8 Å². The summed E-state index contributed by atoms with van der Waals surface area (Å²) in [6.45, 7) is 5.21. The van der Waals surface area contributed by atoms with Crippen molar-refractivity contribution in [1.82, 2.24) is 14.6 Å². The number of hydrogen-bond acceptors (Lipinski definition) is 4. The SMILES string of the molecule is Cc1cc(N2CCC[C@@H](O)C2)n2nc(C(C)c3ccc(C(F)(F)F)cc3)cc2n1. The second-order valence-electron chi connectivity index (χ2n) is 7.68. The van der Waals surface area contributed by atoms with E-state index in [0.717, 1.165) is 54.3 Å². The number of aliphatic hydroxyl groups is 1. The predicted molar refractivity (Wildman–Crippen MR) is 104 cm³/mol. The van der Waals surface area contributed by atoms with Gasteiger partial charge in [-0.3, -0.25) is 0 Å². The van der Waals surface area contributed by atoms with Crippen LogP contribution < -0.4 is 4.90 Å². The number of rotatable bonds is 3. The normalized spacial score (nSPS) is 19.0. The molecule has 2 aromatic heterocycles. The van der Waals surface area contributed by atoms with Crippen LogP contribution in [0.4, 0.5) is 19.0 Å². The highest BCUT2D eigenvalue weighted by atomic mass is 19.4. The van der Waals surface area contributed by atoms with E-state index in [1.54, 1.807) is 4.52 Å². The molecule has 0 radical (unpaired) electrons. The van der Waals surface area contributed by atoms with Crippen LogP contribution in [-0.2, 0) is 6.18 Å². The first-order valence-electron chi connectivity index (χ1n) is 9.70. The molecule has 5 nitrogen and oxygen atoms in total. The number of aryl methyl sites for hydroxylation is 1. The monoisotopic (exact) mass is 404 g/mol. The van der Waals surface area contributed by atoms with Crippen LogP contribution in [0.5, 0.6) is 0 Å². The first-order valence-corrected chi connectivity index (χ1v) is 9.70. The minimum atomic E-state index is -4.35. The third-order valence-electron chi connectivity index (χ3n) is 5.46. The van der Waals surface area contributed by atoms with Crippen molar-refractivity contribution in [3.63, 3.8) is 0 Å². The summed E-state index contributed by atoms with van der Waals surface area (Å²) in [5.41, 5.74) is 2.37. The Morgan fingerprint density at radius 1 is 1.17 bits per heavy atom. The minimum absolute atomic E-state index is 0.181. The third-order valence-corrected chi connectivity index (χ3v) is 5.46. The molecule has 1 saturated heterocycles. The summed E-state index contributed by atoms with van der Waals surface area (Å²) in [6.07, 6.45) is -3.02. The van der Waals surface area contributed by atoms with E-state index >= 15 is 0 Å². The van der Waals surface area contributed by atoms with Gasteiger partial charge in [-0.1, -0.05) is 19.1 Å². The summed E-state index contributed by atoms with van der Waals surface area (Å²) in [6, 6.07) is 9.02. The molecule has 1 unspecified atom stereocenters. The zero-order valence-electron chi connectivity index (χ0n) is 16.3. The molecule has 1 fully saturated rings. The highest BCUT2D eigenvalue weighted by molar-refractivity contribution is 5.53. The van der Waals surface area contributed by atoms with E-state index in [0.29, 0.717) is 12.2 Å². The summed E-state index contributed by atoms with van der Waals surface area (Å²) >= 11 is 0. The highest BCUT2D eigenvalue weighted by Crippen LogP contribution is 2.32. The third kappa shape index (κ3) is 3.94. The molecular weight excluding hydrogens is 381 g/mol. The maximum absolute atomic E-state index is 12.8. The molecule has 4 rings (SSSR count). The number of nitrogens with zero attached hydrogens (tertiary/aromatic N) is 4. The molecule has 8 heteroatoms. The van der Waals surface area contributed by atoms with Crippen LogP contribution in [0.25, 0.3) is 5.65 Å². The summed E-state index contributed by atoms with van der Waals surface area (Å²) in [4.78, 5) is 6.66. The van der Waals surface area contributed by atoms with Gasteiger partial charge in [0, 0.05) is 36.8 Å². The fourth-order valence-electron chi connectivity index (χ4n) is 3.83. The highest BCUT2D eigenvalue weighted by Gasteiger charge is 2.30. The van der Waals surface area contributed by atoms with Crippen LogP contribution in [0.15, 0.2) is 36.4 Å². The number of fused-ring (bicyclic) bond motifs is 1. The Morgan fingerprint density at radius 2 is 1.90 bits per heavy atom. The van der Waals surface area contributed by atoms with Crippen molar-refractivity contribution in [3.05, 3.63) is 58.9 Å². The van der Waals surface area contributed by atoms with Crippen LogP contribution in [0.3, 0.4) is 0 Å². The van der Waals surface area contributed by atoms with E-state index in [4.69, 9.17) is 5.10 Å². The van der Waals surface area contributed by atoms with Gasteiger partial charge in [0.05, 0.1) is 17.4 Å². The van der Waals surface area contributed by atoms with Crippen LogP contribution >= 0.6 is 0 Å². The number of aromatic nitrogens is 3. The number of β-amino-alcohol motifs (C(OH)–C–C–N with tert-alkyl or cyclic N) is 1. The van der Waals surface area contributed by atoms with E-state index in [9.17, 15) is 18.3 Å². The number of anilines is 1. The van der Waals surface area contributed by atoms with Gasteiger partial charge in [0.25, 0.3) is 0 Å². The molecule has 3 aromatic rings. The van der Waals surface area contributed by atoms with Crippen LogP contribution in [-0.4, -0.2) is 38.9 Å². The quantitative estimate of drug-likeness (QED) is 0.712. The minimum Gasteiger partial charge on any atom is -0.391 e. The van der Waals surface area contributed by atoms with Crippen molar-refractivity contribution in [1.29, 1.82) is 0 Å². The first-order chi connectivity index (χ1) is 13.7. The molecule has 3 heterocycles. The average Bonchev–Trinajstić information content (AvgIpc) is 3.10. The standard InChI is InChI=1S/C21H23F3N4O/c1-13-10-20(27-9-3-4-17(29)12-27)28-19(25-13)11-18(26-28)14(2)15-5-7-16(8-6-15)21(22,23)24/h5-8,10-11,14,17,29H,3-4,9,12H2,1-2H3/t14?,17-/m1/s1. The van der Waals surface area contributed by atoms with E-state index in [1.165, 1.54) is 12.1 Å². The summed E-state index contributed by atoms with van der Waals surface area (Å²) in [5.74, 6) is 0.691. The van der Waals surface area contributed by atoms with Crippen LogP contribution in [0.1, 0.15) is 48.2 Å². The molecule has 1 N–H and O–H groups in total. The lowest BCUT2D eigenvalue weighted by Crippen LogP contribution is -2.39. The van der Waals surface area contributed by atoms with Gasteiger partial charge in [-0.15, -0.1) is 0 Å². The largest absolute Gasteiger partial charge is 0.416 e.